The summed E-state index contributed by atoms with van der Waals surface area (Å²) >= 11 is 0. The van der Waals surface area contributed by atoms with Gasteiger partial charge in [0.05, 0.1) is 19.1 Å². The minimum Gasteiger partial charge on any atom is -0.453 e. The van der Waals surface area contributed by atoms with Crippen LogP contribution in [-0.2, 0) is 19.1 Å². The Morgan fingerprint density at radius 1 is 1.11 bits per heavy atom. The molecule has 1 aromatic rings. The standard InChI is InChI=1S/C22H25NO4/c1-2-15-12-18-17(16-6-4-3-5-7-16)13-20(24)27-22(18)19(21(15)25)14-23-8-10-26-11-9-23/h3-7,12-13,15,19,22H,2,8-11,14H2,1H3. The lowest BCUT2D eigenvalue weighted by Gasteiger charge is -2.40. The van der Waals surface area contributed by atoms with E-state index in [-0.39, 0.29) is 23.6 Å². The third-order valence-corrected chi connectivity index (χ3v) is 5.68. The largest absolute Gasteiger partial charge is 0.453 e. The van der Waals surface area contributed by atoms with Crippen molar-refractivity contribution in [3.05, 3.63) is 53.6 Å². The maximum atomic E-state index is 13.1. The molecule has 3 aliphatic rings. The third-order valence-electron chi connectivity index (χ3n) is 5.68. The lowest BCUT2D eigenvalue weighted by molar-refractivity contribution is -0.148. The minimum atomic E-state index is -0.504. The Morgan fingerprint density at radius 2 is 1.85 bits per heavy atom. The van der Waals surface area contributed by atoms with Gasteiger partial charge in [-0.05, 0) is 23.1 Å². The molecule has 0 N–H and O–H groups in total. The van der Waals surface area contributed by atoms with Crippen LogP contribution in [0.5, 0.6) is 0 Å². The zero-order chi connectivity index (χ0) is 18.8. The molecule has 2 heterocycles. The fourth-order valence-electron chi connectivity index (χ4n) is 4.22. The number of carbonyl (C=O) groups excluding carboxylic acids is 2. The Bertz CT molecular complexity index is 777. The van der Waals surface area contributed by atoms with Crippen LogP contribution in [-0.4, -0.2) is 55.6 Å². The minimum absolute atomic E-state index is 0.133. The fourth-order valence-corrected chi connectivity index (χ4v) is 4.22. The van der Waals surface area contributed by atoms with Crippen molar-refractivity contribution < 1.29 is 19.1 Å². The lowest BCUT2D eigenvalue weighted by Crippen LogP contribution is -2.50. The maximum Gasteiger partial charge on any atom is 0.332 e. The SMILES string of the molecule is CCC1C=C2C(c3ccccc3)=CC(=O)OC2C(CN2CCOCC2)C1=O. The van der Waals surface area contributed by atoms with Gasteiger partial charge >= 0.3 is 5.97 Å². The van der Waals surface area contributed by atoms with E-state index in [1.54, 1.807) is 6.08 Å². The van der Waals surface area contributed by atoms with Gasteiger partial charge in [-0.1, -0.05) is 43.3 Å². The highest BCUT2D eigenvalue weighted by Crippen LogP contribution is 2.40. The normalized spacial score (nSPS) is 28.9. The van der Waals surface area contributed by atoms with Crippen LogP contribution in [0.2, 0.25) is 0 Å². The number of rotatable bonds is 4. The van der Waals surface area contributed by atoms with E-state index in [0.29, 0.717) is 19.8 Å². The van der Waals surface area contributed by atoms with Crippen molar-refractivity contribution >= 4 is 17.3 Å². The molecule has 0 saturated carbocycles. The smallest absolute Gasteiger partial charge is 0.332 e. The second-order valence-corrected chi connectivity index (χ2v) is 7.34. The summed E-state index contributed by atoms with van der Waals surface area (Å²) < 4.78 is 11.1. The number of hydrogen-bond donors (Lipinski definition) is 0. The Hall–Kier alpha value is -2.24. The van der Waals surface area contributed by atoms with Gasteiger partial charge in [0.2, 0.25) is 0 Å². The molecule has 4 rings (SSSR count). The average Bonchev–Trinajstić information content (AvgIpc) is 2.71. The summed E-state index contributed by atoms with van der Waals surface area (Å²) in [6, 6.07) is 9.87. The third kappa shape index (κ3) is 3.62. The summed E-state index contributed by atoms with van der Waals surface area (Å²) in [5.41, 5.74) is 2.85. The maximum absolute atomic E-state index is 13.1. The molecule has 0 bridgehead atoms. The molecule has 1 saturated heterocycles. The summed E-state index contributed by atoms with van der Waals surface area (Å²) in [4.78, 5) is 27.7. The number of benzene rings is 1. The molecule has 0 spiro atoms. The van der Waals surface area contributed by atoms with Gasteiger partial charge in [0.15, 0.2) is 0 Å². The van der Waals surface area contributed by atoms with Crippen molar-refractivity contribution in [3.8, 4) is 0 Å². The van der Waals surface area contributed by atoms with E-state index < -0.39 is 6.10 Å². The first kappa shape index (κ1) is 18.1. The number of esters is 1. The fraction of sp³-hybridized carbons (Fsp3) is 0.455. The number of ketones is 1. The first-order valence-electron chi connectivity index (χ1n) is 9.71. The molecule has 5 heteroatoms. The van der Waals surface area contributed by atoms with E-state index >= 15 is 0 Å². The second kappa shape index (κ2) is 7.79. The number of allylic oxidation sites excluding steroid dienone is 1. The van der Waals surface area contributed by atoms with E-state index in [1.807, 2.05) is 43.3 Å². The number of hydrogen-bond acceptors (Lipinski definition) is 5. The highest BCUT2D eigenvalue weighted by molar-refractivity contribution is 6.02. The number of ether oxygens (including phenoxy) is 2. The zero-order valence-electron chi connectivity index (χ0n) is 15.6. The van der Waals surface area contributed by atoms with Gasteiger partial charge in [-0.2, -0.15) is 0 Å². The van der Waals surface area contributed by atoms with E-state index in [9.17, 15) is 9.59 Å². The second-order valence-electron chi connectivity index (χ2n) is 7.34. The van der Waals surface area contributed by atoms with Gasteiger partial charge in [0, 0.05) is 31.6 Å². The molecule has 142 valence electrons. The van der Waals surface area contributed by atoms with Crippen LogP contribution in [0.25, 0.3) is 5.57 Å². The Kier molecular flexibility index (Phi) is 5.23. The Labute approximate surface area is 159 Å². The van der Waals surface area contributed by atoms with Crippen molar-refractivity contribution in [2.45, 2.75) is 19.4 Å². The van der Waals surface area contributed by atoms with Crippen molar-refractivity contribution in [1.29, 1.82) is 0 Å². The number of nitrogens with zero attached hydrogens (tertiary/aromatic N) is 1. The van der Waals surface area contributed by atoms with Crippen LogP contribution >= 0.6 is 0 Å². The molecule has 1 aliphatic carbocycles. The highest BCUT2D eigenvalue weighted by Gasteiger charge is 2.44. The van der Waals surface area contributed by atoms with E-state index in [1.165, 1.54) is 0 Å². The first-order valence-corrected chi connectivity index (χ1v) is 9.71. The number of Topliss-reactive ketones (excluding diaryl/α,β-unsaturated/α-hetero) is 1. The summed E-state index contributed by atoms with van der Waals surface area (Å²) in [5, 5.41) is 0. The van der Waals surface area contributed by atoms with Crippen molar-refractivity contribution in [2.75, 3.05) is 32.8 Å². The predicted molar refractivity (Wildman–Crippen MR) is 102 cm³/mol. The highest BCUT2D eigenvalue weighted by atomic mass is 16.5. The van der Waals surface area contributed by atoms with Gasteiger partial charge < -0.3 is 9.47 Å². The van der Waals surface area contributed by atoms with Crippen LogP contribution in [0, 0.1) is 11.8 Å². The molecule has 5 nitrogen and oxygen atoms in total. The van der Waals surface area contributed by atoms with Crippen molar-refractivity contribution in [2.24, 2.45) is 11.8 Å². The van der Waals surface area contributed by atoms with Crippen LogP contribution in [0.4, 0.5) is 0 Å². The molecule has 0 aromatic heterocycles. The van der Waals surface area contributed by atoms with Gasteiger partial charge in [0.25, 0.3) is 0 Å². The molecular formula is C22H25NO4. The zero-order valence-corrected chi connectivity index (χ0v) is 15.6. The average molecular weight is 367 g/mol. The summed E-state index contributed by atoms with van der Waals surface area (Å²) in [6.45, 7) is 5.62. The summed E-state index contributed by atoms with van der Waals surface area (Å²) in [7, 11) is 0. The number of morpholine rings is 1. The van der Waals surface area contributed by atoms with Crippen LogP contribution in [0.1, 0.15) is 18.9 Å². The number of fused-ring (bicyclic) bond motifs is 1. The van der Waals surface area contributed by atoms with Gasteiger partial charge in [-0.15, -0.1) is 0 Å². The van der Waals surface area contributed by atoms with E-state index in [0.717, 1.165) is 36.2 Å². The molecule has 3 unspecified atom stereocenters. The predicted octanol–water partition coefficient (Wildman–Crippen LogP) is 2.48. The summed E-state index contributed by atoms with van der Waals surface area (Å²) in [6.07, 6.45) is 3.83. The molecule has 2 aliphatic heterocycles. The Morgan fingerprint density at radius 3 is 2.56 bits per heavy atom. The van der Waals surface area contributed by atoms with Crippen LogP contribution in [0.15, 0.2) is 48.1 Å². The van der Waals surface area contributed by atoms with Crippen LogP contribution < -0.4 is 0 Å². The molecule has 1 aromatic carbocycles. The monoisotopic (exact) mass is 367 g/mol. The Balaban J connectivity index is 1.70. The number of carbonyl (C=O) groups is 2. The molecule has 3 atom stereocenters. The molecular weight excluding hydrogens is 342 g/mol. The summed E-state index contributed by atoms with van der Waals surface area (Å²) in [5.74, 6) is -0.652. The lowest BCUT2D eigenvalue weighted by atomic mass is 9.73. The first-order chi connectivity index (χ1) is 13.2. The topological polar surface area (TPSA) is 55.8 Å². The van der Waals surface area contributed by atoms with Crippen molar-refractivity contribution in [1.82, 2.24) is 4.90 Å². The molecule has 0 radical (unpaired) electrons. The molecule has 27 heavy (non-hydrogen) atoms. The van der Waals surface area contributed by atoms with E-state index in [2.05, 4.69) is 4.90 Å². The van der Waals surface area contributed by atoms with Crippen LogP contribution in [0.3, 0.4) is 0 Å². The van der Waals surface area contributed by atoms with Gasteiger partial charge in [-0.25, -0.2) is 4.79 Å². The van der Waals surface area contributed by atoms with Gasteiger partial charge in [0.1, 0.15) is 11.9 Å². The quantitative estimate of drug-likeness (QED) is 0.766. The molecule has 0 amide bonds. The molecule has 1 fully saturated rings. The van der Waals surface area contributed by atoms with Gasteiger partial charge in [-0.3, -0.25) is 9.69 Å². The van der Waals surface area contributed by atoms with E-state index in [4.69, 9.17) is 9.47 Å². The van der Waals surface area contributed by atoms with Crippen molar-refractivity contribution in [3.63, 3.8) is 0 Å².